The first-order chi connectivity index (χ1) is 14.7. The van der Waals surface area contributed by atoms with E-state index in [-0.39, 0.29) is 5.91 Å². The summed E-state index contributed by atoms with van der Waals surface area (Å²) in [4.78, 5) is 21.8. The van der Waals surface area contributed by atoms with Crippen LogP contribution in [0.15, 0.2) is 61.1 Å². The number of amides is 1. The molecule has 156 valence electrons. The van der Waals surface area contributed by atoms with Crippen LogP contribution in [0.5, 0.6) is 0 Å². The van der Waals surface area contributed by atoms with Crippen LogP contribution in [-0.4, -0.2) is 58.8 Å². The largest absolute Gasteiger partial charge is 0.355 e. The summed E-state index contributed by atoms with van der Waals surface area (Å²) in [6.07, 6.45) is 6.69. The smallest absolute Gasteiger partial charge is 0.251 e. The van der Waals surface area contributed by atoms with E-state index in [1.54, 1.807) is 6.20 Å². The normalized spacial score (nSPS) is 15.0. The minimum atomic E-state index is -0.0831. The summed E-state index contributed by atoms with van der Waals surface area (Å²) in [6, 6.07) is 13.6. The number of nitrogens with zero attached hydrogens (tertiary/aromatic N) is 5. The second kappa shape index (κ2) is 9.54. The highest BCUT2D eigenvalue weighted by molar-refractivity contribution is 5.94. The molecule has 1 aliphatic heterocycles. The van der Waals surface area contributed by atoms with Crippen molar-refractivity contribution in [2.75, 3.05) is 38.1 Å². The van der Waals surface area contributed by atoms with Gasteiger partial charge >= 0.3 is 0 Å². The van der Waals surface area contributed by atoms with Crippen molar-refractivity contribution < 1.29 is 4.79 Å². The highest BCUT2D eigenvalue weighted by Crippen LogP contribution is 2.14. The molecule has 7 nitrogen and oxygen atoms in total. The standard InChI is InChI=1S/C23H28N6O/c1-27-11-3-12-28(15-14-27)22-9-6-20(16-24-22)17-25-23(30)21-7-4-19(5-8-21)18-29-13-2-10-26-29/h2,4-10,13,16H,3,11-12,14-15,17-18H2,1H3,(H,25,30). The van der Waals surface area contributed by atoms with Crippen LogP contribution in [0.25, 0.3) is 0 Å². The molecule has 1 amide bonds. The van der Waals surface area contributed by atoms with Crippen molar-refractivity contribution >= 4 is 11.7 Å². The van der Waals surface area contributed by atoms with Crippen LogP contribution in [0.3, 0.4) is 0 Å². The van der Waals surface area contributed by atoms with Crippen LogP contribution in [0.2, 0.25) is 0 Å². The van der Waals surface area contributed by atoms with Gasteiger partial charge in [-0.15, -0.1) is 0 Å². The van der Waals surface area contributed by atoms with Crippen LogP contribution < -0.4 is 10.2 Å². The zero-order chi connectivity index (χ0) is 20.8. The minimum absolute atomic E-state index is 0.0831. The number of nitrogens with one attached hydrogen (secondary N) is 1. The van der Waals surface area contributed by atoms with Gasteiger partial charge in [-0.25, -0.2) is 4.98 Å². The molecule has 2 aromatic heterocycles. The first-order valence-electron chi connectivity index (χ1n) is 10.4. The maximum atomic E-state index is 12.5. The highest BCUT2D eigenvalue weighted by Gasteiger charge is 2.13. The molecule has 3 aromatic rings. The number of rotatable bonds is 6. The van der Waals surface area contributed by atoms with Gasteiger partial charge in [-0.3, -0.25) is 9.48 Å². The summed E-state index contributed by atoms with van der Waals surface area (Å²) < 4.78 is 1.86. The number of hydrogen-bond donors (Lipinski definition) is 1. The van der Waals surface area contributed by atoms with E-state index in [4.69, 9.17) is 0 Å². The van der Waals surface area contributed by atoms with E-state index in [0.29, 0.717) is 18.7 Å². The van der Waals surface area contributed by atoms with Gasteiger partial charge in [-0.1, -0.05) is 18.2 Å². The molecular weight excluding hydrogens is 376 g/mol. The van der Waals surface area contributed by atoms with E-state index >= 15 is 0 Å². The zero-order valence-electron chi connectivity index (χ0n) is 17.4. The lowest BCUT2D eigenvalue weighted by atomic mass is 10.1. The molecule has 30 heavy (non-hydrogen) atoms. The Morgan fingerprint density at radius 1 is 1.03 bits per heavy atom. The number of hydrogen-bond acceptors (Lipinski definition) is 5. The van der Waals surface area contributed by atoms with E-state index in [1.807, 2.05) is 53.5 Å². The Kier molecular flexibility index (Phi) is 6.39. The molecule has 0 spiro atoms. The molecule has 0 saturated carbocycles. The fraction of sp³-hybridized carbons (Fsp3) is 0.348. The van der Waals surface area contributed by atoms with Gasteiger partial charge in [-0.2, -0.15) is 5.10 Å². The first-order valence-corrected chi connectivity index (χ1v) is 10.4. The fourth-order valence-corrected chi connectivity index (χ4v) is 3.61. The Bertz CT molecular complexity index is 937. The van der Waals surface area contributed by atoms with Crippen molar-refractivity contribution in [2.24, 2.45) is 0 Å². The Morgan fingerprint density at radius 2 is 1.87 bits per heavy atom. The summed E-state index contributed by atoms with van der Waals surface area (Å²) >= 11 is 0. The molecule has 4 rings (SSSR count). The Morgan fingerprint density at radius 3 is 2.60 bits per heavy atom. The molecule has 7 heteroatoms. The fourth-order valence-electron chi connectivity index (χ4n) is 3.61. The third-order valence-electron chi connectivity index (χ3n) is 5.43. The quantitative estimate of drug-likeness (QED) is 0.683. The molecule has 1 aromatic carbocycles. The van der Waals surface area contributed by atoms with Gasteiger partial charge < -0.3 is 15.1 Å². The summed E-state index contributed by atoms with van der Waals surface area (Å²) in [5.41, 5.74) is 2.75. The predicted octanol–water partition coefficient (Wildman–Crippen LogP) is 2.40. The summed E-state index contributed by atoms with van der Waals surface area (Å²) in [5, 5.41) is 7.18. The van der Waals surface area contributed by atoms with Crippen LogP contribution in [-0.2, 0) is 13.1 Å². The van der Waals surface area contributed by atoms with Gasteiger partial charge in [0.05, 0.1) is 6.54 Å². The predicted molar refractivity (Wildman–Crippen MR) is 118 cm³/mol. The summed E-state index contributed by atoms with van der Waals surface area (Å²) in [5.74, 6) is 0.924. The Hall–Kier alpha value is -3.19. The number of benzene rings is 1. The molecule has 1 aliphatic rings. The maximum absolute atomic E-state index is 12.5. The van der Waals surface area contributed by atoms with E-state index in [2.05, 4.69) is 38.3 Å². The number of anilines is 1. The molecule has 0 bridgehead atoms. The van der Waals surface area contributed by atoms with Gasteiger partial charge in [0, 0.05) is 50.3 Å². The van der Waals surface area contributed by atoms with E-state index in [0.717, 1.165) is 49.5 Å². The van der Waals surface area contributed by atoms with Gasteiger partial charge in [-0.05, 0) is 55.4 Å². The number of carbonyl (C=O) groups excluding carboxylic acids is 1. The first kappa shape index (κ1) is 20.1. The van der Waals surface area contributed by atoms with Crippen molar-refractivity contribution in [3.63, 3.8) is 0 Å². The van der Waals surface area contributed by atoms with E-state index in [1.165, 1.54) is 0 Å². The molecule has 0 aliphatic carbocycles. The molecule has 0 atom stereocenters. The molecule has 1 fully saturated rings. The highest BCUT2D eigenvalue weighted by atomic mass is 16.1. The number of pyridine rings is 1. The molecule has 1 saturated heterocycles. The van der Waals surface area contributed by atoms with Gasteiger partial charge in [0.2, 0.25) is 0 Å². The lowest BCUT2D eigenvalue weighted by Crippen LogP contribution is -2.29. The summed E-state index contributed by atoms with van der Waals surface area (Å²) in [6.45, 7) is 5.37. The van der Waals surface area contributed by atoms with Crippen LogP contribution >= 0.6 is 0 Å². The van der Waals surface area contributed by atoms with E-state index in [9.17, 15) is 4.79 Å². The zero-order valence-corrected chi connectivity index (χ0v) is 17.4. The minimum Gasteiger partial charge on any atom is -0.355 e. The summed E-state index contributed by atoms with van der Waals surface area (Å²) in [7, 11) is 2.16. The number of likely N-dealkylation sites (N-methyl/N-ethyl adjacent to an activating group) is 1. The average Bonchev–Trinajstić information content (AvgIpc) is 3.19. The monoisotopic (exact) mass is 404 g/mol. The lowest BCUT2D eigenvalue weighted by Gasteiger charge is -2.21. The Balaban J connectivity index is 1.29. The maximum Gasteiger partial charge on any atom is 0.251 e. The third-order valence-corrected chi connectivity index (χ3v) is 5.43. The topological polar surface area (TPSA) is 66.3 Å². The van der Waals surface area contributed by atoms with Crippen LogP contribution in [0.4, 0.5) is 5.82 Å². The lowest BCUT2D eigenvalue weighted by molar-refractivity contribution is 0.0951. The third kappa shape index (κ3) is 5.24. The average molecular weight is 405 g/mol. The van der Waals surface area contributed by atoms with Gasteiger partial charge in [0.15, 0.2) is 0 Å². The molecular formula is C23H28N6O. The molecule has 3 heterocycles. The van der Waals surface area contributed by atoms with Crippen molar-refractivity contribution in [2.45, 2.75) is 19.5 Å². The molecule has 0 radical (unpaired) electrons. The van der Waals surface area contributed by atoms with Crippen LogP contribution in [0, 0.1) is 0 Å². The second-order valence-corrected chi connectivity index (χ2v) is 7.75. The van der Waals surface area contributed by atoms with E-state index < -0.39 is 0 Å². The second-order valence-electron chi connectivity index (χ2n) is 7.75. The van der Waals surface area contributed by atoms with Gasteiger partial charge in [0.1, 0.15) is 5.82 Å². The number of carbonyl (C=O) groups is 1. The van der Waals surface area contributed by atoms with Gasteiger partial charge in [0.25, 0.3) is 5.91 Å². The number of aromatic nitrogens is 3. The van der Waals surface area contributed by atoms with Crippen molar-refractivity contribution in [3.8, 4) is 0 Å². The molecule has 1 N–H and O–H groups in total. The van der Waals surface area contributed by atoms with Crippen LogP contribution in [0.1, 0.15) is 27.9 Å². The van der Waals surface area contributed by atoms with Crippen molar-refractivity contribution in [1.29, 1.82) is 0 Å². The molecule has 0 unspecified atom stereocenters. The SMILES string of the molecule is CN1CCCN(c2ccc(CNC(=O)c3ccc(Cn4cccn4)cc3)cn2)CC1. The van der Waals surface area contributed by atoms with Crippen molar-refractivity contribution in [1.82, 2.24) is 25.0 Å². The Labute approximate surface area is 177 Å². The van der Waals surface area contributed by atoms with Crippen molar-refractivity contribution in [3.05, 3.63) is 77.7 Å².